The average Bonchev–Trinajstić information content (AvgIpc) is 2.44. The number of hydrogen-bond acceptors (Lipinski definition) is 2. The molecule has 102 valence electrons. The Balaban J connectivity index is 2.52. The fraction of sp³-hybridized carbons (Fsp3) is 0.625. The first-order valence-corrected chi connectivity index (χ1v) is 7.24. The van der Waals surface area contributed by atoms with Crippen molar-refractivity contribution >= 4 is 0 Å². The summed E-state index contributed by atoms with van der Waals surface area (Å²) in [7, 11) is 0. The van der Waals surface area contributed by atoms with Crippen LogP contribution in [0.25, 0.3) is 0 Å². The lowest BCUT2D eigenvalue weighted by molar-refractivity contribution is 0.222. The van der Waals surface area contributed by atoms with Crippen LogP contribution in [-0.2, 0) is 0 Å². The zero-order chi connectivity index (χ0) is 13.4. The van der Waals surface area contributed by atoms with Gasteiger partial charge in [0.15, 0.2) is 0 Å². The molecule has 1 aromatic carbocycles. The van der Waals surface area contributed by atoms with Crippen molar-refractivity contribution in [2.45, 2.75) is 39.7 Å². The molecule has 2 nitrogen and oxygen atoms in total. The molecule has 1 atom stereocenters. The average molecular weight is 248 g/mol. The minimum absolute atomic E-state index is 0.125. The molecule has 0 bridgehead atoms. The van der Waals surface area contributed by atoms with Crippen molar-refractivity contribution in [2.24, 2.45) is 11.7 Å². The molecule has 1 unspecified atom stereocenters. The molecule has 0 aliphatic carbocycles. The van der Waals surface area contributed by atoms with Gasteiger partial charge < -0.3 is 10.6 Å². The van der Waals surface area contributed by atoms with Crippen molar-refractivity contribution in [2.75, 3.05) is 19.6 Å². The SMILES string of the molecule is CCC(CC)CN(CC)CC(N)c1ccccc1. The molecule has 1 rings (SSSR count). The Morgan fingerprint density at radius 3 is 2.11 bits per heavy atom. The summed E-state index contributed by atoms with van der Waals surface area (Å²) in [6, 6.07) is 10.5. The number of likely N-dealkylation sites (N-methyl/N-ethyl adjacent to an activating group) is 1. The van der Waals surface area contributed by atoms with Crippen LogP contribution in [0.2, 0.25) is 0 Å². The van der Waals surface area contributed by atoms with Gasteiger partial charge in [-0.3, -0.25) is 0 Å². The monoisotopic (exact) mass is 248 g/mol. The molecule has 0 aliphatic rings. The van der Waals surface area contributed by atoms with E-state index in [2.05, 4.69) is 49.9 Å². The van der Waals surface area contributed by atoms with Gasteiger partial charge in [-0.05, 0) is 18.0 Å². The van der Waals surface area contributed by atoms with Crippen LogP contribution in [0.3, 0.4) is 0 Å². The molecule has 0 heterocycles. The Kier molecular flexibility index (Phi) is 6.99. The van der Waals surface area contributed by atoms with Crippen LogP contribution in [0.4, 0.5) is 0 Å². The third kappa shape index (κ3) is 4.79. The Labute approximate surface area is 112 Å². The second-order valence-corrected chi connectivity index (χ2v) is 5.05. The van der Waals surface area contributed by atoms with E-state index in [0.29, 0.717) is 0 Å². The molecule has 2 N–H and O–H groups in total. The first-order chi connectivity index (χ1) is 8.71. The molecule has 2 heteroatoms. The largest absolute Gasteiger partial charge is 0.323 e. The normalized spacial score (nSPS) is 13.2. The van der Waals surface area contributed by atoms with Crippen molar-refractivity contribution in [3.8, 4) is 0 Å². The fourth-order valence-corrected chi connectivity index (χ4v) is 2.33. The maximum absolute atomic E-state index is 6.29. The van der Waals surface area contributed by atoms with Gasteiger partial charge in [-0.2, -0.15) is 0 Å². The highest BCUT2D eigenvalue weighted by Crippen LogP contribution is 2.14. The van der Waals surface area contributed by atoms with E-state index in [4.69, 9.17) is 5.73 Å². The number of hydrogen-bond donors (Lipinski definition) is 1. The Morgan fingerprint density at radius 2 is 1.61 bits per heavy atom. The van der Waals surface area contributed by atoms with Crippen molar-refractivity contribution in [1.82, 2.24) is 4.90 Å². The number of nitrogens with zero attached hydrogens (tertiary/aromatic N) is 1. The van der Waals surface area contributed by atoms with Gasteiger partial charge in [-0.15, -0.1) is 0 Å². The number of nitrogens with two attached hydrogens (primary N) is 1. The topological polar surface area (TPSA) is 29.3 Å². The molecule has 0 saturated heterocycles. The summed E-state index contributed by atoms with van der Waals surface area (Å²) in [4.78, 5) is 2.48. The van der Waals surface area contributed by atoms with Gasteiger partial charge >= 0.3 is 0 Å². The summed E-state index contributed by atoms with van der Waals surface area (Å²) in [5, 5.41) is 0. The van der Waals surface area contributed by atoms with Crippen molar-refractivity contribution in [3.05, 3.63) is 35.9 Å². The van der Waals surface area contributed by atoms with Gasteiger partial charge in [0.2, 0.25) is 0 Å². The molecule has 0 saturated carbocycles. The van der Waals surface area contributed by atoms with Crippen molar-refractivity contribution in [3.63, 3.8) is 0 Å². The quantitative estimate of drug-likeness (QED) is 0.763. The summed E-state index contributed by atoms with van der Waals surface area (Å²) in [5.74, 6) is 0.799. The van der Waals surface area contributed by atoms with Crippen LogP contribution in [0.1, 0.15) is 45.2 Å². The summed E-state index contributed by atoms with van der Waals surface area (Å²) in [6.45, 7) is 9.98. The van der Waals surface area contributed by atoms with E-state index in [1.54, 1.807) is 0 Å². The highest BCUT2D eigenvalue weighted by atomic mass is 15.1. The summed E-state index contributed by atoms with van der Waals surface area (Å²) >= 11 is 0. The minimum atomic E-state index is 0.125. The zero-order valence-corrected chi connectivity index (χ0v) is 12.1. The Hall–Kier alpha value is -0.860. The van der Waals surface area contributed by atoms with Gasteiger partial charge in [0.25, 0.3) is 0 Å². The van der Waals surface area contributed by atoms with E-state index in [9.17, 15) is 0 Å². The van der Waals surface area contributed by atoms with Gasteiger partial charge in [-0.25, -0.2) is 0 Å². The van der Waals surface area contributed by atoms with Crippen molar-refractivity contribution in [1.29, 1.82) is 0 Å². The molecule has 0 aliphatic heterocycles. The number of rotatable bonds is 8. The summed E-state index contributed by atoms with van der Waals surface area (Å²) in [5.41, 5.74) is 7.53. The fourth-order valence-electron chi connectivity index (χ4n) is 2.33. The van der Waals surface area contributed by atoms with E-state index in [-0.39, 0.29) is 6.04 Å². The smallest absolute Gasteiger partial charge is 0.0424 e. The van der Waals surface area contributed by atoms with Crippen LogP contribution >= 0.6 is 0 Å². The Bertz CT molecular complexity index is 306. The lowest BCUT2D eigenvalue weighted by Crippen LogP contribution is -2.35. The third-order valence-corrected chi connectivity index (χ3v) is 3.80. The van der Waals surface area contributed by atoms with Crippen LogP contribution in [0.5, 0.6) is 0 Å². The van der Waals surface area contributed by atoms with Crippen LogP contribution < -0.4 is 5.73 Å². The van der Waals surface area contributed by atoms with Crippen LogP contribution in [0, 0.1) is 5.92 Å². The lowest BCUT2D eigenvalue weighted by atomic mass is 10.0. The molecular formula is C16H28N2. The minimum Gasteiger partial charge on any atom is -0.323 e. The second-order valence-electron chi connectivity index (χ2n) is 5.05. The highest BCUT2D eigenvalue weighted by Gasteiger charge is 2.14. The molecule has 18 heavy (non-hydrogen) atoms. The second kappa shape index (κ2) is 8.28. The van der Waals surface area contributed by atoms with Crippen molar-refractivity contribution < 1.29 is 0 Å². The maximum Gasteiger partial charge on any atom is 0.0424 e. The maximum atomic E-state index is 6.29. The van der Waals surface area contributed by atoms with Gasteiger partial charge in [0.1, 0.15) is 0 Å². The molecule has 0 fully saturated rings. The summed E-state index contributed by atoms with van der Waals surface area (Å²) in [6.07, 6.45) is 2.52. The van der Waals surface area contributed by atoms with Crippen LogP contribution in [0.15, 0.2) is 30.3 Å². The number of benzene rings is 1. The van der Waals surface area contributed by atoms with E-state index in [1.165, 1.54) is 24.9 Å². The van der Waals surface area contributed by atoms with E-state index in [1.807, 2.05) is 6.07 Å². The van der Waals surface area contributed by atoms with E-state index >= 15 is 0 Å². The molecule has 1 aromatic rings. The van der Waals surface area contributed by atoms with Gasteiger partial charge in [0, 0.05) is 19.1 Å². The summed E-state index contributed by atoms with van der Waals surface area (Å²) < 4.78 is 0. The molecule has 0 amide bonds. The standard InChI is InChI=1S/C16H28N2/c1-4-14(5-2)12-18(6-3)13-16(17)15-10-8-7-9-11-15/h7-11,14,16H,4-6,12-13,17H2,1-3H3. The third-order valence-electron chi connectivity index (χ3n) is 3.80. The molecule has 0 aromatic heterocycles. The lowest BCUT2D eigenvalue weighted by Gasteiger charge is -2.28. The van der Waals surface area contributed by atoms with E-state index in [0.717, 1.165) is 19.0 Å². The van der Waals surface area contributed by atoms with E-state index < -0.39 is 0 Å². The highest BCUT2D eigenvalue weighted by molar-refractivity contribution is 5.18. The first kappa shape index (κ1) is 15.2. The van der Waals surface area contributed by atoms with Gasteiger partial charge in [-0.1, -0.05) is 63.9 Å². The Morgan fingerprint density at radius 1 is 1.00 bits per heavy atom. The van der Waals surface area contributed by atoms with Crippen LogP contribution in [-0.4, -0.2) is 24.5 Å². The predicted octanol–water partition coefficient (Wildman–Crippen LogP) is 3.44. The molecule has 0 spiro atoms. The van der Waals surface area contributed by atoms with Gasteiger partial charge in [0.05, 0.1) is 0 Å². The zero-order valence-electron chi connectivity index (χ0n) is 12.1. The molecular weight excluding hydrogens is 220 g/mol. The first-order valence-electron chi connectivity index (χ1n) is 7.24. The molecule has 0 radical (unpaired) electrons. The predicted molar refractivity (Wildman–Crippen MR) is 79.6 cm³/mol.